The van der Waals surface area contributed by atoms with Gasteiger partial charge in [0.1, 0.15) is 6.04 Å². The predicted molar refractivity (Wildman–Crippen MR) is 141 cm³/mol. The smallest absolute Gasteiger partial charge is 0.331 e. The van der Waals surface area contributed by atoms with E-state index >= 15 is 0 Å². The van der Waals surface area contributed by atoms with Crippen LogP contribution < -0.4 is 10.6 Å². The fourth-order valence-corrected chi connectivity index (χ4v) is 4.28. The Balaban J connectivity index is 3.35. The SMILES string of the molecule is CNC(C(=O)NC(C(=O)N(C)C(/C=C(\C)C(=O)O)C(C)C)C(C)(C)C)C(C)(C)c1cccc(C#N)c1. The topological polar surface area (TPSA) is 123 Å². The molecular formula is C28H42N4O4. The van der Waals surface area contributed by atoms with Crippen molar-refractivity contribution in [2.24, 2.45) is 11.3 Å². The number of hydrogen-bond acceptors (Lipinski definition) is 5. The van der Waals surface area contributed by atoms with Gasteiger partial charge >= 0.3 is 5.97 Å². The second-order valence-electron chi connectivity index (χ2n) is 11.3. The minimum atomic E-state index is -1.04. The molecule has 8 nitrogen and oxygen atoms in total. The second-order valence-corrected chi connectivity index (χ2v) is 11.3. The van der Waals surface area contributed by atoms with E-state index in [2.05, 4.69) is 16.7 Å². The third-order valence-electron chi connectivity index (χ3n) is 6.64. The van der Waals surface area contributed by atoms with Crippen LogP contribution >= 0.6 is 0 Å². The van der Waals surface area contributed by atoms with Gasteiger partial charge < -0.3 is 20.6 Å². The lowest BCUT2D eigenvalue weighted by Crippen LogP contribution is -2.61. The molecule has 0 aromatic heterocycles. The number of carbonyl (C=O) groups is 3. The van der Waals surface area contributed by atoms with Crippen molar-refractivity contribution in [3.05, 3.63) is 47.0 Å². The molecule has 3 atom stereocenters. The molecule has 0 saturated heterocycles. The van der Waals surface area contributed by atoms with Gasteiger partial charge in [-0.3, -0.25) is 9.59 Å². The number of amides is 2. The summed E-state index contributed by atoms with van der Waals surface area (Å²) in [5, 5.41) is 24.7. The number of nitrogens with zero attached hydrogens (tertiary/aromatic N) is 2. The number of likely N-dealkylation sites (N-methyl/N-ethyl adjacent to an activating group) is 2. The van der Waals surface area contributed by atoms with Gasteiger partial charge in [-0.1, -0.05) is 66.7 Å². The molecule has 1 aromatic rings. The summed E-state index contributed by atoms with van der Waals surface area (Å²) in [5.41, 5.74) is 0.175. The number of aliphatic carboxylic acids is 1. The van der Waals surface area contributed by atoms with E-state index in [0.717, 1.165) is 5.56 Å². The van der Waals surface area contributed by atoms with E-state index in [4.69, 9.17) is 0 Å². The van der Waals surface area contributed by atoms with E-state index in [0.29, 0.717) is 5.56 Å². The van der Waals surface area contributed by atoms with Crippen molar-refractivity contribution < 1.29 is 19.5 Å². The Hall–Kier alpha value is -3.18. The molecule has 0 saturated carbocycles. The lowest BCUT2D eigenvalue weighted by Gasteiger charge is -2.40. The molecule has 36 heavy (non-hydrogen) atoms. The first-order chi connectivity index (χ1) is 16.5. The summed E-state index contributed by atoms with van der Waals surface area (Å²) in [6.45, 7) is 14.8. The van der Waals surface area contributed by atoms with Crippen LogP contribution in [0.5, 0.6) is 0 Å². The van der Waals surface area contributed by atoms with Crippen LogP contribution in [0.3, 0.4) is 0 Å². The number of nitriles is 1. The number of rotatable bonds is 10. The Morgan fingerprint density at radius 3 is 2.14 bits per heavy atom. The lowest BCUT2D eigenvalue weighted by atomic mass is 9.76. The van der Waals surface area contributed by atoms with Crippen LogP contribution in [0.2, 0.25) is 0 Å². The number of carbonyl (C=O) groups excluding carboxylic acids is 2. The third kappa shape index (κ3) is 7.41. The maximum atomic E-state index is 13.7. The Morgan fingerprint density at radius 2 is 1.69 bits per heavy atom. The summed E-state index contributed by atoms with van der Waals surface area (Å²) < 4.78 is 0. The van der Waals surface area contributed by atoms with E-state index in [-0.39, 0.29) is 23.3 Å². The molecule has 0 heterocycles. The van der Waals surface area contributed by atoms with Crippen molar-refractivity contribution in [1.82, 2.24) is 15.5 Å². The quantitative estimate of drug-likeness (QED) is 0.425. The van der Waals surface area contributed by atoms with Crippen LogP contribution in [0, 0.1) is 22.7 Å². The van der Waals surface area contributed by atoms with E-state index < -0.39 is 34.9 Å². The summed E-state index contributed by atoms with van der Waals surface area (Å²) in [7, 11) is 3.32. The Bertz CT molecular complexity index is 1030. The van der Waals surface area contributed by atoms with Crippen molar-refractivity contribution >= 4 is 17.8 Å². The van der Waals surface area contributed by atoms with Gasteiger partial charge in [0.25, 0.3) is 0 Å². The van der Waals surface area contributed by atoms with Crippen LogP contribution in [0.1, 0.15) is 66.5 Å². The van der Waals surface area contributed by atoms with Crippen molar-refractivity contribution in [2.75, 3.05) is 14.1 Å². The highest BCUT2D eigenvalue weighted by atomic mass is 16.4. The van der Waals surface area contributed by atoms with Crippen LogP contribution in [0.15, 0.2) is 35.9 Å². The average Bonchev–Trinajstić information content (AvgIpc) is 2.79. The molecule has 0 aliphatic rings. The highest BCUT2D eigenvalue weighted by Gasteiger charge is 2.41. The summed E-state index contributed by atoms with van der Waals surface area (Å²) in [4.78, 5) is 40.2. The fourth-order valence-electron chi connectivity index (χ4n) is 4.28. The largest absolute Gasteiger partial charge is 0.478 e. The number of hydrogen-bond donors (Lipinski definition) is 3. The number of nitrogens with one attached hydrogen (secondary N) is 2. The van der Waals surface area contributed by atoms with Gasteiger partial charge in [0, 0.05) is 18.0 Å². The maximum Gasteiger partial charge on any atom is 0.331 e. The van der Waals surface area contributed by atoms with Gasteiger partial charge in [0.2, 0.25) is 11.8 Å². The van der Waals surface area contributed by atoms with Gasteiger partial charge in [-0.2, -0.15) is 5.26 Å². The Kier molecular flexibility index (Phi) is 10.4. The molecule has 8 heteroatoms. The van der Waals surface area contributed by atoms with Gasteiger partial charge in [-0.15, -0.1) is 0 Å². The molecule has 0 aliphatic heterocycles. The summed E-state index contributed by atoms with van der Waals surface area (Å²) in [6, 6.07) is 7.27. The van der Waals surface area contributed by atoms with Crippen LogP contribution in [0.4, 0.5) is 0 Å². The maximum absolute atomic E-state index is 13.7. The van der Waals surface area contributed by atoms with Crippen molar-refractivity contribution in [3.8, 4) is 6.07 Å². The zero-order chi connectivity index (χ0) is 28.0. The average molecular weight is 499 g/mol. The molecule has 3 unspecified atom stereocenters. The molecular weight excluding hydrogens is 456 g/mol. The van der Waals surface area contributed by atoms with Crippen molar-refractivity contribution in [2.45, 2.75) is 78.9 Å². The first kappa shape index (κ1) is 30.9. The normalized spacial score (nSPS) is 15.0. The number of carboxylic acid groups (broad SMARTS) is 1. The van der Waals surface area contributed by atoms with Crippen molar-refractivity contribution in [1.29, 1.82) is 5.26 Å². The van der Waals surface area contributed by atoms with Crippen LogP contribution in [-0.4, -0.2) is 60.0 Å². The van der Waals surface area contributed by atoms with Gasteiger partial charge in [0.05, 0.1) is 23.7 Å². The van der Waals surface area contributed by atoms with Crippen molar-refractivity contribution in [3.63, 3.8) is 0 Å². The van der Waals surface area contributed by atoms with E-state index in [9.17, 15) is 24.8 Å². The first-order valence-corrected chi connectivity index (χ1v) is 12.2. The molecule has 0 fully saturated rings. The standard InChI is InChI=1S/C28H42N4O4/c1-17(2)21(14-18(3)26(35)36)32(10)25(34)23(27(4,5)6)31-24(33)22(30-9)28(7,8)20-13-11-12-19(15-20)16-29/h11-15,17,21-23,30H,1-10H3,(H,31,33)(H,35,36)/b18-14+. The molecule has 1 aromatic carbocycles. The molecule has 0 aliphatic carbocycles. The first-order valence-electron chi connectivity index (χ1n) is 12.2. The highest BCUT2D eigenvalue weighted by Crippen LogP contribution is 2.29. The highest BCUT2D eigenvalue weighted by molar-refractivity contribution is 5.91. The summed E-state index contributed by atoms with van der Waals surface area (Å²) in [5.74, 6) is -1.73. The molecule has 0 spiro atoms. The summed E-state index contributed by atoms with van der Waals surface area (Å²) >= 11 is 0. The van der Waals surface area contributed by atoms with E-state index in [1.54, 1.807) is 38.4 Å². The molecule has 2 amide bonds. The van der Waals surface area contributed by atoms with Gasteiger partial charge in [0.15, 0.2) is 0 Å². The molecule has 198 valence electrons. The zero-order valence-electron chi connectivity index (χ0n) is 23.3. The molecule has 0 bridgehead atoms. The van der Waals surface area contributed by atoms with Gasteiger partial charge in [-0.25, -0.2) is 4.79 Å². The van der Waals surface area contributed by atoms with Crippen LogP contribution in [0.25, 0.3) is 0 Å². The fraction of sp³-hybridized carbons (Fsp3) is 0.571. The van der Waals surface area contributed by atoms with E-state index in [1.807, 2.05) is 54.5 Å². The Morgan fingerprint density at radius 1 is 1.11 bits per heavy atom. The zero-order valence-corrected chi connectivity index (χ0v) is 23.3. The molecule has 3 N–H and O–H groups in total. The van der Waals surface area contributed by atoms with Gasteiger partial charge in [-0.05, 0) is 43.0 Å². The summed E-state index contributed by atoms with van der Waals surface area (Å²) in [6.07, 6.45) is 1.58. The predicted octanol–water partition coefficient (Wildman–Crippen LogP) is 3.47. The second kappa shape index (κ2) is 12.2. The monoisotopic (exact) mass is 498 g/mol. The lowest BCUT2D eigenvalue weighted by molar-refractivity contribution is -0.141. The number of carboxylic acids is 1. The molecule has 0 radical (unpaired) electrons. The van der Waals surface area contributed by atoms with E-state index in [1.165, 1.54) is 11.8 Å². The van der Waals surface area contributed by atoms with Crippen LogP contribution in [-0.2, 0) is 19.8 Å². The minimum absolute atomic E-state index is 0.0408. The minimum Gasteiger partial charge on any atom is -0.478 e. The number of benzene rings is 1. The third-order valence-corrected chi connectivity index (χ3v) is 6.64. The molecule has 1 rings (SSSR count). The Labute approximate surface area is 215 Å².